The van der Waals surface area contributed by atoms with E-state index in [0.717, 1.165) is 12.0 Å². The van der Waals surface area contributed by atoms with Crippen molar-refractivity contribution in [3.63, 3.8) is 0 Å². The summed E-state index contributed by atoms with van der Waals surface area (Å²) >= 11 is 7.89. The standard InChI is InChI=1S/C27H30ClN3O4S/c1-16(15-32)31-22(24(34)30-19-11-7-6-10-18(19)28)27-13-12-26(2,36-27)20(21(27)25(31)35)23(33)29-14-17-8-4-3-5-9-17/h3-11,16,20-22,32H,12-15H2,1-2H3,(H,29,33)(H,30,34)/t16-,20+,21+,22?,26-,27?/m1/s1. The van der Waals surface area contributed by atoms with Crippen LogP contribution in [0.1, 0.15) is 32.3 Å². The van der Waals surface area contributed by atoms with E-state index >= 15 is 0 Å². The summed E-state index contributed by atoms with van der Waals surface area (Å²) in [6.45, 7) is 3.86. The van der Waals surface area contributed by atoms with Gasteiger partial charge in [-0.1, -0.05) is 54.1 Å². The van der Waals surface area contributed by atoms with Crippen LogP contribution in [0.4, 0.5) is 5.69 Å². The van der Waals surface area contributed by atoms with E-state index in [0.29, 0.717) is 23.7 Å². The molecule has 3 N–H and O–H groups in total. The van der Waals surface area contributed by atoms with E-state index in [1.54, 1.807) is 43.0 Å². The number of carbonyl (C=O) groups is 3. The van der Waals surface area contributed by atoms with Gasteiger partial charge in [0.25, 0.3) is 0 Å². The third-order valence-corrected chi connectivity index (χ3v) is 10.2. The lowest BCUT2D eigenvalue weighted by Crippen LogP contribution is -2.54. The first-order valence-corrected chi connectivity index (χ1v) is 13.4. The van der Waals surface area contributed by atoms with E-state index in [-0.39, 0.29) is 24.3 Å². The molecule has 190 valence electrons. The number of benzene rings is 2. The normalized spacial score (nSPS) is 31.3. The highest BCUT2D eigenvalue weighted by Gasteiger charge is 2.77. The van der Waals surface area contributed by atoms with Gasteiger partial charge >= 0.3 is 0 Å². The van der Waals surface area contributed by atoms with Crippen molar-refractivity contribution in [3.8, 4) is 0 Å². The molecular weight excluding hydrogens is 498 g/mol. The molecule has 2 aromatic carbocycles. The van der Waals surface area contributed by atoms with Crippen LogP contribution >= 0.6 is 23.4 Å². The van der Waals surface area contributed by atoms with Crippen LogP contribution in [-0.4, -0.2) is 55.9 Å². The zero-order valence-corrected chi connectivity index (χ0v) is 21.8. The van der Waals surface area contributed by atoms with Crippen molar-refractivity contribution in [2.24, 2.45) is 11.8 Å². The molecule has 5 rings (SSSR count). The first-order valence-electron chi connectivity index (χ1n) is 12.2. The summed E-state index contributed by atoms with van der Waals surface area (Å²) < 4.78 is -1.21. The molecule has 2 aromatic rings. The monoisotopic (exact) mass is 527 g/mol. The minimum atomic E-state index is -0.827. The molecule has 6 atom stereocenters. The average molecular weight is 528 g/mol. The van der Waals surface area contributed by atoms with Crippen LogP contribution in [0.25, 0.3) is 0 Å². The Morgan fingerprint density at radius 2 is 1.83 bits per heavy atom. The van der Waals surface area contributed by atoms with Crippen LogP contribution in [0.5, 0.6) is 0 Å². The summed E-state index contributed by atoms with van der Waals surface area (Å²) in [5, 5.41) is 16.3. The average Bonchev–Trinajstić information content (AvgIpc) is 3.44. The van der Waals surface area contributed by atoms with Crippen molar-refractivity contribution in [2.75, 3.05) is 11.9 Å². The van der Waals surface area contributed by atoms with Crippen molar-refractivity contribution in [3.05, 3.63) is 65.2 Å². The van der Waals surface area contributed by atoms with Gasteiger partial charge in [-0.05, 0) is 44.4 Å². The van der Waals surface area contributed by atoms with Crippen molar-refractivity contribution in [2.45, 2.75) is 54.8 Å². The summed E-state index contributed by atoms with van der Waals surface area (Å²) in [6.07, 6.45) is 1.37. The molecule has 0 aromatic heterocycles. The number of para-hydroxylation sites is 1. The van der Waals surface area contributed by atoms with Gasteiger partial charge < -0.3 is 20.6 Å². The maximum absolute atomic E-state index is 14.0. The molecule has 3 fully saturated rings. The van der Waals surface area contributed by atoms with E-state index in [4.69, 9.17) is 11.6 Å². The van der Waals surface area contributed by atoms with Gasteiger partial charge in [0.2, 0.25) is 17.7 Å². The second-order valence-electron chi connectivity index (χ2n) is 10.2. The number of halogens is 1. The molecule has 3 amide bonds. The van der Waals surface area contributed by atoms with Crippen LogP contribution in [0, 0.1) is 11.8 Å². The highest BCUT2D eigenvalue weighted by Crippen LogP contribution is 2.71. The predicted octanol–water partition coefficient (Wildman–Crippen LogP) is 3.46. The third-order valence-electron chi connectivity index (χ3n) is 7.93. The number of fused-ring (bicyclic) bond motifs is 1. The summed E-state index contributed by atoms with van der Waals surface area (Å²) in [5.41, 5.74) is 1.45. The van der Waals surface area contributed by atoms with Crippen LogP contribution in [-0.2, 0) is 20.9 Å². The number of aliphatic hydroxyl groups is 1. The molecule has 9 heteroatoms. The van der Waals surface area contributed by atoms with Crippen LogP contribution < -0.4 is 10.6 Å². The van der Waals surface area contributed by atoms with Gasteiger partial charge in [-0.2, -0.15) is 0 Å². The van der Waals surface area contributed by atoms with Gasteiger partial charge in [0.05, 0.1) is 39.9 Å². The number of carbonyl (C=O) groups excluding carboxylic acids is 3. The Morgan fingerprint density at radius 1 is 1.14 bits per heavy atom. The van der Waals surface area contributed by atoms with E-state index in [9.17, 15) is 19.5 Å². The predicted molar refractivity (Wildman–Crippen MR) is 140 cm³/mol. The Bertz CT molecular complexity index is 1200. The van der Waals surface area contributed by atoms with Crippen LogP contribution in [0.2, 0.25) is 5.02 Å². The number of thioether (sulfide) groups is 1. The fourth-order valence-corrected chi connectivity index (χ4v) is 8.81. The third kappa shape index (κ3) is 3.90. The molecule has 0 aliphatic carbocycles. The van der Waals surface area contributed by atoms with Crippen LogP contribution in [0.3, 0.4) is 0 Å². The van der Waals surface area contributed by atoms with Gasteiger partial charge in [0, 0.05) is 11.3 Å². The van der Waals surface area contributed by atoms with E-state index in [1.165, 1.54) is 4.90 Å². The second-order valence-corrected chi connectivity index (χ2v) is 12.5. The molecule has 36 heavy (non-hydrogen) atoms. The lowest BCUT2D eigenvalue weighted by Gasteiger charge is -2.36. The molecule has 3 heterocycles. The lowest BCUT2D eigenvalue weighted by molar-refractivity contribution is -0.142. The van der Waals surface area contributed by atoms with Crippen molar-refractivity contribution in [1.82, 2.24) is 10.2 Å². The number of amides is 3. The molecule has 7 nitrogen and oxygen atoms in total. The van der Waals surface area contributed by atoms with Crippen molar-refractivity contribution in [1.29, 1.82) is 0 Å². The van der Waals surface area contributed by atoms with E-state index in [2.05, 4.69) is 10.6 Å². The quantitative estimate of drug-likeness (QED) is 0.512. The van der Waals surface area contributed by atoms with Gasteiger partial charge in [0.15, 0.2) is 0 Å². The minimum Gasteiger partial charge on any atom is -0.394 e. The fourth-order valence-electron chi connectivity index (χ4n) is 6.29. The number of nitrogens with zero attached hydrogens (tertiary/aromatic N) is 1. The summed E-state index contributed by atoms with van der Waals surface area (Å²) in [6, 6.07) is 15.2. The highest BCUT2D eigenvalue weighted by atomic mass is 35.5. The van der Waals surface area contributed by atoms with Gasteiger partial charge in [0.1, 0.15) is 6.04 Å². The minimum absolute atomic E-state index is 0.169. The number of likely N-dealkylation sites (tertiary alicyclic amines) is 1. The smallest absolute Gasteiger partial charge is 0.248 e. The first-order chi connectivity index (χ1) is 17.2. The molecular formula is C27H30ClN3O4S. The van der Waals surface area contributed by atoms with Crippen molar-refractivity contribution < 1.29 is 19.5 Å². The topological polar surface area (TPSA) is 98.7 Å². The SMILES string of the molecule is C[C@H](CO)N1C(=O)[C@@H]2[C@@H](C(=O)NCc3ccccc3)[C@@]3(C)CCC2(S3)C1C(=O)Nc1ccccc1Cl. The lowest BCUT2D eigenvalue weighted by atomic mass is 9.66. The van der Waals surface area contributed by atoms with Crippen molar-refractivity contribution >= 4 is 46.8 Å². The molecule has 0 radical (unpaired) electrons. The molecule has 3 saturated heterocycles. The zero-order valence-electron chi connectivity index (χ0n) is 20.2. The molecule has 2 bridgehead atoms. The summed E-state index contributed by atoms with van der Waals surface area (Å²) in [4.78, 5) is 42.9. The van der Waals surface area contributed by atoms with Crippen LogP contribution in [0.15, 0.2) is 54.6 Å². The molecule has 0 saturated carbocycles. The second kappa shape index (κ2) is 9.39. The Hall–Kier alpha value is -2.55. The van der Waals surface area contributed by atoms with E-state index < -0.39 is 33.4 Å². The maximum Gasteiger partial charge on any atom is 0.248 e. The fraction of sp³-hybridized carbons (Fsp3) is 0.444. The zero-order chi connectivity index (χ0) is 25.7. The Labute approximate surface area is 220 Å². The highest BCUT2D eigenvalue weighted by molar-refractivity contribution is 8.02. The molecule has 3 aliphatic rings. The molecule has 2 unspecified atom stereocenters. The number of rotatable bonds is 7. The molecule has 1 spiro atoms. The number of aliphatic hydroxyl groups excluding tert-OH is 1. The number of anilines is 1. The van der Waals surface area contributed by atoms with E-state index in [1.807, 2.05) is 37.3 Å². The van der Waals surface area contributed by atoms with Gasteiger partial charge in [-0.25, -0.2) is 0 Å². The number of nitrogens with one attached hydrogen (secondary N) is 2. The largest absolute Gasteiger partial charge is 0.394 e. The number of hydrogen-bond acceptors (Lipinski definition) is 5. The maximum atomic E-state index is 14.0. The Morgan fingerprint density at radius 3 is 2.53 bits per heavy atom. The number of hydrogen-bond donors (Lipinski definition) is 3. The van der Waals surface area contributed by atoms with Gasteiger partial charge in [-0.3, -0.25) is 14.4 Å². The Balaban J connectivity index is 1.48. The Kier molecular flexibility index (Phi) is 6.55. The summed E-state index contributed by atoms with van der Waals surface area (Å²) in [7, 11) is 0. The van der Waals surface area contributed by atoms with Gasteiger partial charge in [-0.15, -0.1) is 11.8 Å². The first kappa shape index (κ1) is 25.1. The molecule has 3 aliphatic heterocycles. The summed E-state index contributed by atoms with van der Waals surface area (Å²) in [5.74, 6) is -1.97.